The predicted molar refractivity (Wildman–Crippen MR) is 87.0 cm³/mol. The van der Waals surface area contributed by atoms with Crippen LogP contribution in [0.4, 0.5) is 0 Å². The largest absolute Gasteiger partial charge is 0.375 e. The molecule has 0 saturated carbocycles. The first-order valence-electron chi connectivity index (χ1n) is 6.87. The molecule has 0 saturated heterocycles. The zero-order valence-electron chi connectivity index (χ0n) is 12.3. The van der Waals surface area contributed by atoms with Crippen molar-refractivity contribution in [2.24, 2.45) is 0 Å². The number of H-pyrrole nitrogens is 1. The van der Waals surface area contributed by atoms with Gasteiger partial charge >= 0.3 is 0 Å². The van der Waals surface area contributed by atoms with Crippen molar-refractivity contribution >= 4 is 19.8 Å². The van der Waals surface area contributed by atoms with E-state index in [-0.39, 0.29) is 0 Å². The van der Waals surface area contributed by atoms with Crippen molar-refractivity contribution in [2.75, 3.05) is 6.61 Å². The van der Waals surface area contributed by atoms with E-state index in [1.807, 2.05) is 24.4 Å². The van der Waals surface area contributed by atoms with Gasteiger partial charge in [-0.3, -0.25) is 0 Å². The highest BCUT2D eigenvalue weighted by atomic mass is 32.2. The van der Waals surface area contributed by atoms with E-state index in [2.05, 4.69) is 41.7 Å². The first-order chi connectivity index (χ1) is 9.53. The fourth-order valence-electron chi connectivity index (χ4n) is 1.62. The van der Waals surface area contributed by atoms with E-state index in [1.54, 1.807) is 11.8 Å². The minimum atomic E-state index is -0.996. The first kappa shape index (κ1) is 15.3. The minimum absolute atomic E-state index is 0.618. The van der Waals surface area contributed by atoms with Crippen LogP contribution in [-0.2, 0) is 11.3 Å². The topological polar surface area (TPSA) is 37.9 Å². The number of hydrogen-bond acceptors (Lipinski definition) is 3. The van der Waals surface area contributed by atoms with E-state index in [9.17, 15) is 0 Å². The van der Waals surface area contributed by atoms with Crippen molar-refractivity contribution in [3.05, 3.63) is 42.2 Å². The van der Waals surface area contributed by atoms with Crippen LogP contribution in [0.5, 0.6) is 0 Å². The van der Waals surface area contributed by atoms with Crippen LogP contribution in [0.25, 0.3) is 0 Å². The summed E-state index contributed by atoms with van der Waals surface area (Å²) in [5, 5.41) is 0.917. The highest BCUT2D eigenvalue weighted by molar-refractivity contribution is 7.99. The summed E-state index contributed by atoms with van der Waals surface area (Å²) in [4.78, 5) is 8.86. The van der Waals surface area contributed by atoms with Crippen molar-refractivity contribution in [1.82, 2.24) is 9.97 Å². The average molecular weight is 307 g/mol. The lowest BCUT2D eigenvalue weighted by Crippen LogP contribution is -2.21. The Balaban J connectivity index is 1.78. The molecule has 0 fully saturated rings. The molecule has 108 valence electrons. The molecular weight excluding hydrogens is 284 g/mol. The lowest BCUT2D eigenvalue weighted by atomic mass is 10.4. The zero-order chi connectivity index (χ0) is 14.4. The molecule has 0 unspecified atom stereocenters. The van der Waals surface area contributed by atoms with Crippen LogP contribution in [0.15, 0.2) is 46.6 Å². The molecule has 2 aromatic rings. The molecule has 0 radical (unpaired) electrons. The second kappa shape index (κ2) is 7.11. The van der Waals surface area contributed by atoms with Gasteiger partial charge in [0.25, 0.3) is 0 Å². The first-order valence-corrected chi connectivity index (χ1v) is 11.4. The Morgan fingerprint density at radius 1 is 1.20 bits per heavy atom. The summed E-state index contributed by atoms with van der Waals surface area (Å²) in [7, 11) is -0.996. The van der Waals surface area contributed by atoms with Crippen LogP contribution in [0.2, 0.25) is 25.7 Å². The maximum atomic E-state index is 5.71. The van der Waals surface area contributed by atoms with Crippen LogP contribution < -0.4 is 0 Å². The molecule has 0 amide bonds. The highest BCUT2D eigenvalue weighted by Gasteiger charge is 2.12. The van der Waals surface area contributed by atoms with Crippen molar-refractivity contribution in [3.63, 3.8) is 0 Å². The van der Waals surface area contributed by atoms with Crippen molar-refractivity contribution in [1.29, 1.82) is 0 Å². The molecule has 0 aliphatic rings. The van der Waals surface area contributed by atoms with Gasteiger partial charge in [0.05, 0.1) is 18.5 Å². The molecule has 2 rings (SSSR count). The van der Waals surface area contributed by atoms with E-state index in [0.717, 1.165) is 17.5 Å². The lowest BCUT2D eigenvalue weighted by molar-refractivity contribution is 0.130. The Morgan fingerprint density at radius 3 is 2.65 bits per heavy atom. The summed E-state index contributed by atoms with van der Waals surface area (Å²) in [5.41, 5.74) is 1.04. The van der Waals surface area contributed by atoms with Gasteiger partial charge in [-0.05, 0) is 18.2 Å². The lowest BCUT2D eigenvalue weighted by Gasteiger charge is -2.14. The minimum Gasteiger partial charge on any atom is -0.375 e. The number of hydrogen-bond donors (Lipinski definition) is 1. The van der Waals surface area contributed by atoms with Gasteiger partial charge in [-0.1, -0.05) is 49.6 Å². The Bertz CT molecular complexity index is 522. The van der Waals surface area contributed by atoms with Crippen molar-refractivity contribution in [2.45, 2.75) is 42.3 Å². The normalized spacial score (nSPS) is 11.8. The summed E-state index contributed by atoms with van der Waals surface area (Å²) in [5.74, 6) is 0. The van der Waals surface area contributed by atoms with E-state index in [4.69, 9.17) is 4.74 Å². The van der Waals surface area contributed by atoms with Gasteiger partial charge in [0.15, 0.2) is 5.16 Å². The number of imidazole rings is 1. The number of aromatic nitrogens is 2. The molecular formula is C15H22N2OSSi. The molecule has 3 nitrogen and oxygen atoms in total. The summed E-state index contributed by atoms with van der Waals surface area (Å²) < 4.78 is 5.71. The Labute approximate surface area is 126 Å². The summed E-state index contributed by atoms with van der Waals surface area (Å²) >= 11 is 1.64. The third-order valence-corrected chi connectivity index (χ3v) is 5.43. The van der Waals surface area contributed by atoms with Gasteiger partial charge in [0.1, 0.15) is 0 Å². The monoisotopic (exact) mass is 306 g/mol. The second-order valence-electron chi connectivity index (χ2n) is 5.99. The van der Waals surface area contributed by atoms with Crippen molar-refractivity contribution < 1.29 is 4.74 Å². The van der Waals surface area contributed by atoms with Crippen molar-refractivity contribution in [3.8, 4) is 0 Å². The predicted octanol–water partition coefficient (Wildman–Crippen LogP) is 4.42. The average Bonchev–Trinajstić information content (AvgIpc) is 2.82. The molecule has 20 heavy (non-hydrogen) atoms. The summed E-state index contributed by atoms with van der Waals surface area (Å²) in [6.07, 6.45) is 1.86. The van der Waals surface area contributed by atoms with Gasteiger partial charge < -0.3 is 9.72 Å². The van der Waals surface area contributed by atoms with Crippen LogP contribution in [0.3, 0.4) is 0 Å². The van der Waals surface area contributed by atoms with E-state index in [0.29, 0.717) is 6.61 Å². The Kier molecular flexibility index (Phi) is 5.45. The molecule has 0 aliphatic carbocycles. The van der Waals surface area contributed by atoms with E-state index in [1.165, 1.54) is 10.9 Å². The van der Waals surface area contributed by atoms with Gasteiger partial charge in [-0.25, -0.2) is 4.98 Å². The smallest absolute Gasteiger partial charge is 0.170 e. The molecule has 0 atom stereocenters. The second-order valence-corrected chi connectivity index (χ2v) is 12.7. The fraction of sp³-hybridized carbons (Fsp3) is 0.400. The Hall–Kier alpha value is -1.04. The molecule has 1 heterocycles. The number of aromatic amines is 1. The number of rotatable bonds is 7. The number of ether oxygens (including phenoxy) is 1. The molecule has 0 aliphatic heterocycles. The highest BCUT2D eigenvalue weighted by Crippen LogP contribution is 2.24. The quantitative estimate of drug-likeness (QED) is 0.608. The molecule has 0 spiro atoms. The van der Waals surface area contributed by atoms with E-state index < -0.39 is 8.07 Å². The number of nitrogens with one attached hydrogen (secondary N) is 1. The maximum absolute atomic E-state index is 5.71. The Morgan fingerprint density at radius 2 is 1.95 bits per heavy atom. The van der Waals surface area contributed by atoms with Gasteiger partial charge in [0, 0.05) is 19.6 Å². The van der Waals surface area contributed by atoms with Crippen LogP contribution in [-0.4, -0.2) is 24.6 Å². The maximum Gasteiger partial charge on any atom is 0.170 e. The van der Waals surface area contributed by atoms with Gasteiger partial charge in [-0.2, -0.15) is 0 Å². The molecule has 1 N–H and O–H groups in total. The van der Waals surface area contributed by atoms with E-state index >= 15 is 0 Å². The van der Waals surface area contributed by atoms with Gasteiger partial charge in [-0.15, -0.1) is 0 Å². The van der Waals surface area contributed by atoms with Gasteiger partial charge in [0.2, 0.25) is 0 Å². The zero-order valence-corrected chi connectivity index (χ0v) is 14.2. The van der Waals surface area contributed by atoms with Crippen LogP contribution in [0, 0.1) is 0 Å². The summed E-state index contributed by atoms with van der Waals surface area (Å²) in [6.45, 7) is 8.55. The third-order valence-electron chi connectivity index (χ3n) is 2.82. The number of benzene rings is 1. The number of nitrogens with zero attached hydrogens (tertiary/aromatic N) is 1. The molecule has 1 aromatic carbocycles. The van der Waals surface area contributed by atoms with Crippen LogP contribution in [0.1, 0.15) is 5.69 Å². The summed E-state index contributed by atoms with van der Waals surface area (Å²) in [6, 6.07) is 11.4. The molecule has 0 bridgehead atoms. The fourth-order valence-corrected chi connectivity index (χ4v) is 3.19. The SMILES string of the molecule is C[Si](C)(C)CCOCc1cnc(Sc2ccccc2)[nH]1. The van der Waals surface area contributed by atoms with Crippen LogP contribution >= 0.6 is 11.8 Å². The molecule has 1 aromatic heterocycles. The molecule has 5 heteroatoms. The standard InChI is InChI=1S/C15H22N2OSSi/c1-20(2,3)10-9-18-12-13-11-16-15(17-13)19-14-7-5-4-6-8-14/h4-8,11H,9-10,12H2,1-3H3,(H,16,17). The third kappa shape index (κ3) is 5.52.